The summed E-state index contributed by atoms with van der Waals surface area (Å²) >= 11 is 0. The highest BCUT2D eigenvalue weighted by atomic mass is 16.2. The molecule has 116 valence electrons. The number of hydrogen-bond acceptors (Lipinski definition) is 3. The summed E-state index contributed by atoms with van der Waals surface area (Å²) in [5, 5.41) is 0.770. The predicted molar refractivity (Wildman–Crippen MR) is 89.2 cm³/mol. The van der Waals surface area contributed by atoms with Crippen LogP contribution < -0.4 is 5.56 Å². The van der Waals surface area contributed by atoms with Gasteiger partial charge in [-0.05, 0) is 23.8 Å². The third-order valence-corrected chi connectivity index (χ3v) is 3.81. The van der Waals surface area contributed by atoms with Crippen LogP contribution in [-0.2, 0) is 13.6 Å². The molecule has 0 saturated carbocycles. The Hall–Kier alpha value is -2.95. The fourth-order valence-corrected chi connectivity index (χ4v) is 2.58. The lowest BCUT2D eigenvalue weighted by Gasteiger charge is -2.17. The van der Waals surface area contributed by atoms with Crippen LogP contribution in [0.1, 0.15) is 15.9 Å². The molecule has 0 spiro atoms. The van der Waals surface area contributed by atoms with Crippen LogP contribution in [0.4, 0.5) is 0 Å². The molecule has 5 heteroatoms. The van der Waals surface area contributed by atoms with Crippen LogP contribution in [0.25, 0.3) is 11.0 Å². The van der Waals surface area contributed by atoms with Gasteiger partial charge < -0.3 is 4.90 Å². The number of hydrogen-bond donors (Lipinski definition) is 0. The van der Waals surface area contributed by atoms with Crippen molar-refractivity contribution in [3.05, 3.63) is 76.2 Å². The van der Waals surface area contributed by atoms with E-state index >= 15 is 0 Å². The number of benzene rings is 1. The molecule has 3 rings (SSSR count). The maximum absolute atomic E-state index is 12.7. The second-order valence-corrected chi connectivity index (χ2v) is 5.49. The molecule has 0 N–H and O–H groups in total. The highest BCUT2D eigenvalue weighted by Gasteiger charge is 2.18. The van der Waals surface area contributed by atoms with Crippen molar-refractivity contribution in [1.82, 2.24) is 14.5 Å². The number of nitrogens with zero attached hydrogens (tertiary/aromatic N) is 3. The van der Waals surface area contributed by atoms with Crippen LogP contribution in [0.5, 0.6) is 0 Å². The standard InChI is InChI=1S/C18H17N3O2/c1-20(12-13-7-4-3-5-8-13)17(22)15-11-14-9-6-10-19-16(14)21(2)18(15)23/h3-11H,12H2,1-2H3. The van der Waals surface area contributed by atoms with E-state index in [0.29, 0.717) is 12.2 Å². The molecule has 0 saturated heterocycles. The van der Waals surface area contributed by atoms with Crippen molar-refractivity contribution in [3.63, 3.8) is 0 Å². The Bertz CT molecular complexity index is 916. The predicted octanol–water partition coefficient (Wildman–Crippen LogP) is 2.21. The molecule has 0 aliphatic carbocycles. The van der Waals surface area contributed by atoms with E-state index in [4.69, 9.17) is 0 Å². The van der Waals surface area contributed by atoms with Gasteiger partial charge in [0.25, 0.3) is 11.5 Å². The van der Waals surface area contributed by atoms with Gasteiger partial charge >= 0.3 is 0 Å². The average molecular weight is 307 g/mol. The Labute approximate surface area is 133 Å². The first kappa shape index (κ1) is 15.0. The Kier molecular flexibility index (Phi) is 3.93. The Morgan fingerprint density at radius 3 is 2.65 bits per heavy atom. The largest absolute Gasteiger partial charge is 0.337 e. The smallest absolute Gasteiger partial charge is 0.264 e. The topological polar surface area (TPSA) is 55.2 Å². The summed E-state index contributed by atoms with van der Waals surface area (Å²) in [6.07, 6.45) is 1.63. The molecule has 2 aromatic heterocycles. The minimum atomic E-state index is -0.332. The number of aromatic nitrogens is 2. The Balaban J connectivity index is 1.97. The number of carbonyl (C=O) groups is 1. The van der Waals surface area contributed by atoms with Gasteiger partial charge in [0.1, 0.15) is 11.2 Å². The van der Waals surface area contributed by atoms with E-state index < -0.39 is 0 Å². The fourth-order valence-electron chi connectivity index (χ4n) is 2.58. The summed E-state index contributed by atoms with van der Waals surface area (Å²) in [5.41, 5.74) is 1.41. The van der Waals surface area contributed by atoms with Crippen molar-refractivity contribution in [2.24, 2.45) is 7.05 Å². The van der Waals surface area contributed by atoms with Crippen LogP contribution in [0.3, 0.4) is 0 Å². The zero-order chi connectivity index (χ0) is 16.4. The van der Waals surface area contributed by atoms with E-state index in [1.165, 1.54) is 4.57 Å². The van der Waals surface area contributed by atoms with Gasteiger partial charge in [0.05, 0.1) is 0 Å². The van der Waals surface area contributed by atoms with Crippen molar-refractivity contribution in [2.75, 3.05) is 7.05 Å². The molecule has 0 unspecified atom stereocenters. The number of rotatable bonds is 3. The summed E-state index contributed by atoms with van der Waals surface area (Å²) in [4.78, 5) is 30.9. The monoisotopic (exact) mass is 307 g/mol. The summed E-state index contributed by atoms with van der Waals surface area (Å²) in [6.45, 7) is 0.452. The summed E-state index contributed by atoms with van der Waals surface area (Å²) in [6, 6.07) is 14.9. The van der Waals surface area contributed by atoms with Gasteiger partial charge in [0.15, 0.2) is 0 Å². The molecule has 1 aromatic carbocycles. The third-order valence-electron chi connectivity index (χ3n) is 3.81. The molecular weight excluding hydrogens is 290 g/mol. The number of aryl methyl sites for hydroxylation is 1. The Morgan fingerprint density at radius 2 is 1.91 bits per heavy atom. The van der Waals surface area contributed by atoms with Gasteiger partial charge in [-0.15, -0.1) is 0 Å². The van der Waals surface area contributed by atoms with Crippen molar-refractivity contribution >= 4 is 16.9 Å². The Morgan fingerprint density at radius 1 is 1.17 bits per heavy atom. The quantitative estimate of drug-likeness (QED) is 0.745. The fraction of sp³-hybridized carbons (Fsp3) is 0.167. The lowest BCUT2D eigenvalue weighted by atomic mass is 10.1. The summed E-state index contributed by atoms with van der Waals surface area (Å²) in [7, 11) is 3.33. The summed E-state index contributed by atoms with van der Waals surface area (Å²) < 4.78 is 1.42. The zero-order valence-electron chi connectivity index (χ0n) is 13.1. The SMILES string of the molecule is CN(Cc1ccccc1)C(=O)c1cc2cccnc2n(C)c1=O. The van der Waals surface area contributed by atoms with E-state index in [1.807, 2.05) is 36.4 Å². The number of carbonyl (C=O) groups excluding carboxylic acids is 1. The lowest BCUT2D eigenvalue weighted by molar-refractivity contribution is 0.0783. The highest BCUT2D eigenvalue weighted by molar-refractivity contribution is 5.96. The van der Waals surface area contributed by atoms with Crippen LogP contribution in [0.2, 0.25) is 0 Å². The minimum Gasteiger partial charge on any atom is -0.337 e. The molecule has 0 atom stereocenters. The molecule has 5 nitrogen and oxygen atoms in total. The first-order valence-corrected chi connectivity index (χ1v) is 7.32. The second kappa shape index (κ2) is 6.04. The normalized spacial score (nSPS) is 10.7. The first-order valence-electron chi connectivity index (χ1n) is 7.32. The number of pyridine rings is 2. The van der Waals surface area contributed by atoms with Crippen molar-refractivity contribution in [1.29, 1.82) is 0 Å². The third kappa shape index (κ3) is 2.85. The molecule has 2 heterocycles. The highest BCUT2D eigenvalue weighted by Crippen LogP contribution is 2.12. The van der Waals surface area contributed by atoms with Gasteiger partial charge in [0, 0.05) is 32.2 Å². The van der Waals surface area contributed by atoms with Gasteiger partial charge in [0.2, 0.25) is 0 Å². The molecule has 1 amide bonds. The van der Waals surface area contributed by atoms with Crippen LogP contribution >= 0.6 is 0 Å². The van der Waals surface area contributed by atoms with Crippen molar-refractivity contribution in [3.8, 4) is 0 Å². The second-order valence-electron chi connectivity index (χ2n) is 5.49. The van der Waals surface area contributed by atoms with Crippen LogP contribution in [0, 0.1) is 0 Å². The molecule has 0 aliphatic heterocycles. The van der Waals surface area contributed by atoms with Gasteiger partial charge in [-0.3, -0.25) is 14.2 Å². The first-order chi connectivity index (χ1) is 11.1. The van der Waals surface area contributed by atoms with E-state index in [1.54, 1.807) is 37.3 Å². The molecule has 0 aliphatic rings. The molecular formula is C18H17N3O2. The van der Waals surface area contributed by atoms with Gasteiger partial charge in [-0.2, -0.15) is 0 Å². The van der Waals surface area contributed by atoms with Crippen molar-refractivity contribution < 1.29 is 4.79 Å². The van der Waals surface area contributed by atoms with Crippen LogP contribution in [-0.4, -0.2) is 27.4 Å². The lowest BCUT2D eigenvalue weighted by Crippen LogP contribution is -2.33. The minimum absolute atomic E-state index is 0.159. The van der Waals surface area contributed by atoms with Gasteiger partial charge in [-0.25, -0.2) is 4.98 Å². The van der Waals surface area contributed by atoms with E-state index in [0.717, 1.165) is 10.9 Å². The van der Waals surface area contributed by atoms with Crippen molar-refractivity contribution in [2.45, 2.75) is 6.54 Å². The molecule has 0 fully saturated rings. The number of fused-ring (bicyclic) bond motifs is 1. The maximum atomic E-state index is 12.7. The number of amides is 1. The van der Waals surface area contributed by atoms with E-state index in [9.17, 15) is 9.59 Å². The zero-order valence-corrected chi connectivity index (χ0v) is 13.1. The van der Waals surface area contributed by atoms with Gasteiger partial charge in [-0.1, -0.05) is 30.3 Å². The van der Waals surface area contributed by atoms with Crippen LogP contribution in [0.15, 0.2) is 59.5 Å². The van der Waals surface area contributed by atoms with E-state index in [-0.39, 0.29) is 17.0 Å². The molecule has 0 bridgehead atoms. The molecule has 23 heavy (non-hydrogen) atoms. The average Bonchev–Trinajstić information content (AvgIpc) is 2.58. The molecule has 0 radical (unpaired) electrons. The maximum Gasteiger partial charge on any atom is 0.264 e. The molecule has 3 aromatic rings. The van der Waals surface area contributed by atoms with E-state index in [2.05, 4.69) is 4.98 Å². The summed E-state index contributed by atoms with van der Waals surface area (Å²) in [5.74, 6) is -0.291.